The highest BCUT2D eigenvalue weighted by Gasteiger charge is 2.33. The second kappa shape index (κ2) is 4.40. The Labute approximate surface area is 108 Å². The fourth-order valence-electron chi connectivity index (χ4n) is 2.51. The van der Waals surface area contributed by atoms with E-state index in [1.165, 1.54) is 17.5 Å². The van der Waals surface area contributed by atoms with Gasteiger partial charge in [-0.15, -0.1) is 0 Å². The first-order valence-corrected chi connectivity index (χ1v) is 6.29. The molecular weight excluding hydrogens is 253 g/mol. The highest BCUT2D eigenvalue weighted by Crippen LogP contribution is 2.31. The van der Waals surface area contributed by atoms with Crippen molar-refractivity contribution in [3.05, 3.63) is 41.1 Å². The van der Waals surface area contributed by atoms with Crippen LogP contribution in [0.2, 0.25) is 0 Å². The number of fused-ring (bicyclic) bond motifs is 1. The summed E-state index contributed by atoms with van der Waals surface area (Å²) in [6.45, 7) is 0. The zero-order valence-corrected chi connectivity index (χ0v) is 10.2. The first-order valence-electron chi connectivity index (χ1n) is 6.29. The van der Waals surface area contributed by atoms with Gasteiger partial charge in [0, 0.05) is 5.56 Å². The second-order valence-electron chi connectivity index (χ2n) is 4.86. The van der Waals surface area contributed by atoms with Crippen molar-refractivity contribution in [2.24, 2.45) is 0 Å². The molecule has 1 N–H and O–H groups in total. The number of H-pyrrole nitrogens is 1. The zero-order valence-electron chi connectivity index (χ0n) is 10.2. The molecule has 0 saturated carbocycles. The molecule has 0 atom stereocenters. The van der Waals surface area contributed by atoms with Crippen LogP contribution in [0.3, 0.4) is 0 Å². The lowest BCUT2D eigenvalue weighted by Gasteiger charge is -2.15. The van der Waals surface area contributed by atoms with Gasteiger partial charge in [0.05, 0.1) is 5.69 Å². The fraction of sp³-hybridized carbons (Fsp3) is 0.357. The molecule has 0 radical (unpaired) electrons. The number of alkyl halides is 3. The lowest BCUT2D eigenvalue weighted by molar-refractivity contribution is -0.141. The van der Waals surface area contributed by atoms with Gasteiger partial charge in [0.1, 0.15) is 5.69 Å². The highest BCUT2D eigenvalue weighted by molar-refractivity contribution is 5.61. The van der Waals surface area contributed by atoms with Crippen LogP contribution in [0.4, 0.5) is 13.2 Å². The molecule has 0 amide bonds. The molecule has 0 aliphatic heterocycles. The fourth-order valence-corrected chi connectivity index (χ4v) is 2.51. The van der Waals surface area contributed by atoms with Crippen LogP contribution >= 0.6 is 0 Å². The number of nitrogens with zero attached hydrogens (tertiary/aromatic N) is 1. The van der Waals surface area contributed by atoms with Crippen LogP contribution < -0.4 is 0 Å². The average molecular weight is 266 g/mol. The van der Waals surface area contributed by atoms with Gasteiger partial charge in [-0.3, -0.25) is 5.10 Å². The van der Waals surface area contributed by atoms with Crippen LogP contribution in [-0.4, -0.2) is 10.2 Å². The van der Waals surface area contributed by atoms with E-state index in [2.05, 4.69) is 5.10 Å². The molecule has 2 nitrogen and oxygen atoms in total. The van der Waals surface area contributed by atoms with Crippen LogP contribution in [0.15, 0.2) is 24.3 Å². The minimum Gasteiger partial charge on any atom is -0.273 e. The molecule has 1 aliphatic rings. The minimum atomic E-state index is -4.38. The van der Waals surface area contributed by atoms with Crippen LogP contribution in [0.5, 0.6) is 0 Å². The van der Waals surface area contributed by atoms with Gasteiger partial charge in [-0.25, -0.2) is 0 Å². The van der Waals surface area contributed by atoms with Gasteiger partial charge in [-0.1, -0.05) is 12.1 Å². The summed E-state index contributed by atoms with van der Waals surface area (Å²) in [7, 11) is 0. The summed E-state index contributed by atoms with van der Waals surface area (Å²) in [6.07, 6.45) is 0.0148. The Morgan fingerprint density at radius 3 is 2.42 bits per heavy atom. The summed E-state index contributed by atoms with van der Waals surface area (Å²) in [5.74, 6) is 0. The van der Waals surface area contributed by atoms with Gasteiger partial charge < -0.3 is 0 Å². The second-order valence-corrected chi connectivity index (χ2v) is 4.86. The van der Waals surface area contributed by atoms with E-state index in [1.54, 1.807) is 0 Å². The standard InChI is InChI=1S/C14H13F3N2/c15-14(16,17)13-8-12(18-19-13)11-6-5-9-3-1-2-4-10(9)7-11/h5-8H,1-4H2,(H,18,19). The third kappa shape index (κ3) is 2.37. The van der Waals surface area contributed by atoms with Crippen LogP contribution in [0.1, 0.15) is 29.7 Å². The van der Waals surface area contributed by atoms with Crippen LogP contribution in [-0.2, 0) is 19.0 Å². The van der Waals surface area contributed by atoms with Gasteiger partial charge in [-0.05, 0) is 48.9 Å². The number of aromatic nitrogens is 2. The van der Waals surface area contributed by atoms with Crippen molar-refractivity contribution in [1.29, 1.82) is 0 Å². The molecular formula is C14H13F3N2. The summed E-state index contributed by atoms with van der Waals surface area (Å²) in [5.41, 5.74) is 2.83. The molecule has 100 valence electrons. The Balaban J connectivity index is 1.96. The van der Waals surface area contributed by atoms with E-state index >= 15 is 0 Å². The quantitative estimate of drug-likeness (QED) is 0.831. The topological polar surface area (TPSA) is 28.7 Å². The summed E-state index contributed by atoms with van der Waals surface area (Å²) in [6, 6.07) is 6.88. The van der Waals surface area contributed by atoms with Crippen molar-refractivity contribution in [3.8, 4) is 11.3 Å². The lowest BCUT2D eigenvalue weighted by Crippen LogP contribution is -2.04. The highest BCUT2D eigenvalue weighted by atomic mass is 19.4. The molecule has 1 aliphatic carbocycles. The monoisotopic (exact) mass is 266 g/mol. The molecule has 1 heterocycles. The van der Waals surface area contributed by atoms with E-state index < -0.39 is 11.9 Å². The largest absolute Gasteiger partial charge is 0.432 e. The molecule has 0 bridgehead atoms. The lowest BCUT2D eigenvalue weighted by atomic mass is 9.90. The van der Waals surface area contributed by atoms with Crippen molar-refractivity contribution < 1.29 is 13.2 Å². The molecule has 5 heteroatoms. The van der Waals surface area contributed by atoms with E-state index in [4.69, 9.17) is 0 Å². The molecule has 0 fully saturated rings. The number of aryl methyl sites for hydroxylation is 2. The van der Waals surface area contributed by atoms with Crippen LogP contribution in [0.25, 0.3) is 11.3 Å². The van der Waals surface area contributed by atoms with Crippen LogP contribution in [0, 0.1) is 0 Å². The number of nitrogens with one attached hydrogen (secondary N) is 1. The Hall–Kier alpha value is -1.78. The molecule has 3 rings (SSSR count). The van der Waals surface area contributed by atoms with E-state index in [0.29, 0.717) is 5.69 Å². The first-order chi connectivity index (χ1) is 9.04. The molecule has 1 aromatic heterocycles. The predicted molar refractivity (Wildman–Crippen MR) is 65.7 cm³/mol. The van der Waals surface area contributed by atoms with Crippen molar-refractivity contribution in [3.63, 3.8) is 0 Å². The first kappa shape index (κ1) is 12.3. The molecule has 0 unspecified atom stereocenters. The number of aromatic amines is 1. The number of benzene rings is 1. The maximum Gasteiger partial charge on any atom is 0.432 e. The molecule has 0 spiro atoms. The maximum atomic E-state index is 12.5. The Morgan fingerprint density at radius 1 is 1.00 bits per heavy atom. The molecule has 2 aromatic rings. The van der Waals surface area contributed by atoms with Gasteiger partial charge in [0.2, 0.25) is 0 Å². The summed E-state index contributed by atoms with van der Waals surface area (Å²) < 4.78 is 37.6. The molecule has 0 saturated heterocycles. The van der Waals surface area contributed by atoms with Gasteiger partial charge in [-0.2, -0.15) is 18.3 Å². The number of rotatable bonds is 1. The Morgan fingerprint density at radius 2 is 1.74 bits per heavy atom. The van der Waals surface area contributed by atoms with E-state index in [0.717, 1.165) is 30.9 Å². The number of halogens is 3. The smallest absolute Gasteiger partial charge is 0.273 e. The average Bonchev–Trinajstić information content (AvgIpc) is 2.87. The predicted octanol–water partition coefficient (Wildman–Crippen LogP) is 3.97. The van der Waals surface area contributed by atoms with Crippen molar-refractivity contribution in [2.45, 2.75) is 31.9 Å². The molecule has 19 heavy (non-hydrogen) atoms. The van der Waals surface area contributed by atoms with Crippen molar-refractivity contribution in [1.82, 2.24) is 10.2 Å². The third-order valence-corrected chi connectivity index (χ3v) is 3.53. The van der Waals surface area contributed by atoms with Crippen molar-refractivity contribution >= 4 is 0 Å². The normalized spacial score (nSPS) is 15.3. The molecule has 1 aromatic carbocycles. The third-order valence-electron chi connectivity index (χ3n) is 3.53. The Bertz CT molecular complexity index is 599. The van der Waals surface area contributed by atoms with E-state index in [9.17, 15) is 13.2 Å². The number of hydrogen-bond acceptors (Lipinski definition) is 1. The van der Waals surface area contributed by atoms with Gasteiger partial charge in [0.25, 0.3) is 0 Å². The minimum absolute atomic E-state index is 0.348. The van der Waals surface area contributed by atoms with Crippen molar-refractivity contribution in [2.75, 3.05) is 0 Å². The summed E-state index contributed by atoms with van der Waals surface area (Å²) in [5, 5.41) is 5.81. The Kier molecular flexibility index (Phi) is 2.84. The van der Waals surface area contributed by atoms with E-state index in [1.807, 2.05) is 23.3 Å². The SMILES string of the molecule is FC(F)(F)c1cc(-c2ccc3c(c2)CCCC3)n[nH]1. The summed E-state index contributed by atoms with van der Waals surface area (Å²) >= 11 is 0. The van der Waals surface area contributed by atoms with E-state index in [-0.39, 0.29) is 0 Å². The maximum absolute atomic E-state index is 12.5. The number of hydrogen-bond donors (Lipinski definition) is 1. The van der Waals surface area contributed by atoms with Gasteiger partial charge >= 0.3 is 6.18 Å². The van der Waals surface area contributed by atoms with Gasteiger partial charge in [0.15, 0.2) is 0 Å². The zero-order chi connectivity index (χ0) is 13.5. The summed E-state index contributed by atoms with van der Waals surface area (Å²) in [4.78, 5) is 0.